The summed E-state index contributed by atoms with van der Waals surface area (Å²) in [6.07, 6.45) is 8.14. The number of likely N-dealkylation sites (tertiary alicyclic amines) is 2. The molecule has 54 heavy (non-hydrogen) atoms. The predicted octanol–water partition coefficient (Wildman–Crippen LogP) is 8.89. The Morgan fingerprint density at radius 3 is 1.98 bits per heavy atom. The summed E-state index contributed by atoms with van der Waals surface area (Å²) < 4.78 is 0. The lowest BCUT2D eigenvalue weighted by molar-refractivity contribution is -0.131. The maximum Gasteiger partial charge on any atom is 0.227 e. The van der Waals surface area contributed by atoms with Gasteiger partial charge in [-0.1, -0.05) is 121 Å². The molecule has 2 fully saturated rings. The van der Waals surface area contributed by atoms with Crippen molar-refractivity contribution >= 4 is 16.7 Å². The molecular formula is C46H44N6O2. The van der Waals surface area contributed by atoms with E-state index in [-0.39, 0.29) is 18.0 Å². The summed E-state index contributed by atoms with van der Waals surface area (Å²) in [4.78, 5) is 34.2. The molecule has 3 N–H and O–H groups in total. The van der Waals surface area contributed by atoms with E-state index < -0.39 is 6.23 Å². The van der Waals surface area contributed by atoms with E-state index in [1.165, 1.54) is 5.39 Å². The molecule has 0 radical (unpaired) electrons. The Labute approximate surface area is 315 Å². The number of aliphatic hydroxyl groups is 1. The largest absolute Gasteiger partial charge is 0.378 e. The first-order valence-electron chi connectivity index (χ1n) is 19.1. The average molecular weight is 713 g/mol. The number of carbonyl (C=O) groups is 1. The van der Waals surface area contributed by atoms with E-state index in [1.807, 2.05) is 65.8 Å². The number of nitrogens with zero attached hydrogens (tertiary/aromatic N) is 4. The maximum absolute atomic E-state index is 13.3. The standard InChI is InChI=1S/C46H44N6O2/c53-43(27-31-11-3-1-4-12-31)51-25-9-17-41(51)45-47-29-39(49-45)34-21-19-33(20-22-34)35-23-24-38(37-16-8-7-15-36(35)37)40-30-48-46(50-40)42-18-10-26-52(42)44(54)28-32-13-5-2-6-14-32/h1-8,11-16,19-24,29-30,41-42,44,54H,9-10,17-18,25-28H2,(H,47,49)(H,48,50). The number of imidazole rings is 2. The zero-order valence-electron chi connectivity index (χ0n) is 30.2. The normalized spacial score (nSPS) is 18.1. The van der Waals surface area contributed by atoms with Crippen LogP contribution in [-0.4, -0.2) is 60.1 Å². The fourth-order valence-corrected chi connectivity index (χ4v) is 8.51. The lowest BCUT2D eigenvalue weighted by atomic mass is 9.93. The molecule has 9 rings (SSSR count). The van der Waals surface area contributed by atoms with Gasteiger partial charge < -0.3 is 20.0 Å². The SMILES string of the molecule is O=C(Cc1ccccc1)N1CCCC1c1ncc(-c2ccc(-c3ccc(-c4cnc(C5CCCN5C(O)Cc5ccccc5)[nH]4)c4ccccc34)cc2)[nH]1. The first-order chi connectivity index (χ1) is 26.6. The Morgan fingerprint density at radius 1 is 0.648 bits per heavy atom. The molecule has 8 nitrogen and oxygen atoms in total. The second-order valence-corrected chi connectivity index (χ2v) is 14.6. The van der Waals surface area contributed by atoms with Gasteiger partial charge in [0.05, 0.1) is 42.3 Å². The number of hydrogen-bond acceptors (Lipinski definition) is 5. The van der Waals surface area contributed by atoms with Gasteiger partial charge in [0, 0.05) is 25.1 Å². The van der Waals surface area contributed by atoms with Crippen LogP contribution in [0.4, 0.5) is 0 Å². The molecule has 2 aromatic heterocycles. The van der Waals surface area contributed by atoms with Gasteiger partial charge >= 0.3 is 0 Å². The summed E-state index contributed by atoms with van der Waals surface area (Å²) in [7, 11) is 0. The van der Waals surface area contributed by atoms with Gasteiger partial charge in [-0.2, -0.15) is 0 Å². The van der Waals surface area contributed by atoms with Crippen molar-refractivity contribution in [1.82, 2.24) is 29.7 Å². The minimum Gasteiger partial charge on any atom is -0.378 e. The molecule has 3 unspecified atom stereocenters. The molecular weight excluding hydrogens is 669 g/mol. The highest BCUT2D eigenvalue weighted by Crippen LogP contribution is 2.38. The van der Waals surface area contributed by atoms with E-state index in [2.05, 4.69) is 87.7 Å². The lowest BCUT2D eigenvalue weighted by Gasteiger charge is -2.28. The van der Waals surface area contributed by atoms with E-state index in [4.69, 9.17) is 9.97 Å². The van der Waals surface area contributed by atoms with Crippen molar-refractivity contribution in [2.45, 2.75) is 56.8 Å². The van der Waals surface area contributed by atoms with E-state index in [0.29, 0.717) is 12.8 Å². The van der Waals surface area contributed by atoms with Crippen LogP contribution in [-0.2, 0) is 17.6 Å². The zero-order chi connectivity index (χ0) is 36.4. The second-order valence-electron chi connectivity index (χ2n) is 14.6. The first kappa shape index (κ1) is 34.0. The summed E-state index contributed by atoms with van der Waals surface area (Å²) in [5, 5.41) is 13.5. The number of fused-ring (bicyclic) bond motifs is 1. The van der Waals surface area contributed by atoms with E-state index in [1.54, 1.807) is 0 Å². The molecule has 1 amide bonds. The van der Waals surface area contributed by atoms with Crippen LogP contribution in [0.1, 0.15) is 60.5 Å². The third-order valence-corrected chi connectivity index (χ3v) is 11.3. The third-order valence-electron chi connectivity index (χ3n) is 11.3. The monoisotopic (exact) mass is 712 g/mol. The van der Waals surface area contributed by atoms with Gasteiger partial charge in [-0.15, -0.1) is 0 Å². The summed E-state index contributed by atoms with van der Waals surface area (Å²) in [5.41, 5.74) is 8.55. The average Bonchev–Trinajstić information content (AvgIpc) is 4.06. The molecule has 270 valence electrons. The van der Waals surface area contributed by atoms with Crippen LogP contribution in [0.2, 0.25) is 0 Å². The number of hydrogen-bond donors (Lipinski definition) is 3. The number of aliphatic hydroxyl groups excluding tert-OH is 1. The van der Waals surface area contributed by atoms with Crippen LogP contribution in [0.5, 0.6) is 0 Å². The van der Waals surface area contributed by atoms with Gasteiger partial charge in [-0.05, 0) is 64.3 Å². The maximum atomic E-state index is 13.3. The van der Waals surface area contributed by atoms with Gasteiger partial charge in [-0.25, -0.2) is 9.97 Å². The summed E-state index contributed by atoms with van der Waals surface area (Å²) in [6.45, 7) is 1.61. The van der Waals surface area contributed by atoms with Crippen molar-refractivity contribution in [3.63, 3.8) is 0 Å². The molecule has 0 spiro atoms. The number of rotatable bonds is 10. The molecule has 8 heteroatoms. The van der Waals surface area contributed by atoms with Gasteiger partial charge in [0.1, 0.15) is 17.9 Å². The molecule has 0 saturated carbocycles. The zero-order valence-corrected chi connectivity index (χ0v) is 30.2. The summed E-state index contributed by atoms with van der Waals surface area (Å²) >= 11 is 0. The van der Waals surface area contributed by atoms with Crippen molar-refractivity contribution in [3.05, 3.63) is 156 Å². The van der Waals surface area contributed by atoms with Crippen LogP contribution in [0.3, 0.4) is 0 Å². The fraction of sp³-hybridized carbons (Fsp3) is 0.239. The Kier molecular flexibility index (Phi) is 9.37. The highest BCUT2D eigenvalue weighted by atomic mass is 16.3. The Bertz CT molecular complexity index is 2370. The molecule has 7 aromatic rings. The third kappa shape index (κ3) is 6.75. The van der Waals surface area contributed by atoms with Crippen molar-refractivity contribution < 1.29 is 9.90 Å². The molecule has 0 bridgehead atoms. The number of amides is 1. The number of aromatic nitrogens is 4. The molecule has 4 heterocycles. The highest BCUT2D eigenvalue weighted by Gasteiger charge is 2.34. The molecule has 2 aliphatic heterocycles. The van der Waals surface area contributed by atoms with Crippen molar-refractivity contribution in [2.75, 3.05) is 13.1 Å². The van der Waals surface area contributed by atoms with Crippen LogP contribution in [0.25, 0.3) is 44.4 Å². The quantitative estimate of drug-likeness (QED) is 0.132. The lowest BCUT2D eigenvalue weighted by Crippen LogP contribution is -2.36. The molecule has 2 saturated heterocycles. The highest BCUT2D eigenvalue weighted by molar-refractivity contribution is 6.04. The fourth-order valence-electron chi connectivity index (χ4n) is 8.51. The van der Waals surface area contributed by atoms with Gasteiger partial charge in [0.2, 0.25) is 5.91 Å². The second kappa shape index (κ2) is 14.9. The van der Waals surface area contributed by atoms with Gasteiger partial charge in [-0.3, -0.25) is 9.69 Å². The minimum atomic E-state index is -0.561. The number of benzene rings is 5. The molecule has 5 aromatic carbocycles. The first-order valence-corrected chi connectivity index (χ1v) is 19.1. The molecule has 2 aliphatic rings. The number of aromatic amines is 2. The number of H-pyrrole nitrogens is 2. The Hall–Kier alpha value is -5.83. The van der Waals surface area contributed by atoms with Crippen molar-refractivity contribution in [2.24, 2.45) is 0 Å². The topological polar surface area (TPSA) is 101 Å². The molecule has 0 aliphatic carbocycles. The summed E-state index contributed by atoms with van der Waals surface area (Å²) in [6, 6.07) is 41.7. The van der Waals surface area contributed by atoms with Gasteiger partial charge in [0.25, 0.3) is 0 Å². The van der Waals surface area contributed by atoms with Crippen LogP contribution in [0, 0.1) is 0 Å². The Balaban J connectivity index is 0.924. The van der Waals surface area contributed by atoms with E-state index in [0.717, 1.165) is 101 Å². The van der Waals surface area contributed by atoms with Crippen LogP contribution >= 0.6 is 0 Å². The van der Waals surface area contributed by atoms with Crippen molar-refractivity contribution in [3.8, 4) is 33.6 Å². The number of nitrogens with one attached hydrogen (secondary N) is 2. The van der Waals surface area contributed by atoms with Crippen molar-refractivity contribution in [1.29, 1.82) is 0 Å². The van der Waals surface area contributed by atoms with Crippen LogP contribution in [0.15, 0.2) is 134 Å². The van der Waals surface area contributed by atoms with Gasteiger partial charge in [0.15, 0.2) is 0 Å². The summed E-state index contributed by atoms with van der Waals surface area (Å²) in [5.74, 6) is 1.90. The van der Waals surface area contributed by atoms with Crippen LogP contribution < -0.4 is 0 Å². The van der Waals surface area contributed by atoms with E-state index in [9.17, 15) is 9.90 Å². The minimum absolute atomic E-state index is 0.0339. The van der Waals surface area contributed by atoms with E-state index >= 15 is 0 Å². The predicted molar refractivity (Wildman–Crippen MR) is 213 cm³/mol. The number of carbonyl (C=O) groups excluding carboxylic acids is 1. The Morgan fingerprint density at radius 2 is 1.22 bits per heavy atom. The molecule has 3 atom stereocenters. The smallest absolute Gasteiger partial charge is 0.227 e.